The molecule has 1 amide bonds. The third kappa shape index (κ3) is 4.33. The van der Waals surface area contributed by atoms with Gasteiger partial charge in [-0.05, 0) is 38.3 Å². The van der Waals surface area contributed by atoms with Gasteiger partial charge < -0.3 is 10.2 Å². The lowest BCUT2D eigenvalue weighted by atomic mass is 10.0. The highest BCUT2D eigenvalue weighted by atomic mass is 16.2. The highest BCUT2D eigenvalue weighted by Crippen LogP contribution is 2.17. The lowest BCUT2D eigenvalue weighted by Crippen LogP contribution is -2.49. The summed E-state index contributed by atoms with van der Waals surface area (Å²) < 4.78 is 0. The molecule has 0 spiro atoms. The molecule has 3 rings (SSSR count). The zero-order valence-corrected chi connectivity index (χ0v) is 14.2. The first kappa shape index (κ1) is 16.5. The van der Waals surface area contributed by atoms with Crippen LogP contribution in [0.2, 0.25) is 0 Å². The molecule has 2 heterocycles. The van der Waals surface area contributed by atoms with Gasteiger partial charge in [-0.2, -0.15) is 0 Å². The second-order valence-electron chi connectivity index (χ2n) is 6.92. The Bertz CT molecular complexity index is 499. The average Bonchev–Trinajstić information content (AvgIpc) is 2.78. The topological polar surface area (TPSA) is 35.6 Å². The Hall–Kier alpha value is -1.39. The van der Waals surface area contributed by atoms with E-state index in [-0.39, 0.29) is 6.04 Å². The summed E-state index contributed by atoms with van der Waals surface area (Å²) in [6.07, 6.45) is 4.43. The minimum absolute atomic E-state index is 0.0553. The molecule has 2 atom stereocenters. The van der Waals surface area contributed by atoms with Crippen LogP contribution in [0.4, 0.5) is 0 Å². The number of nitrogens with one attached hydrogen (secondary N) is 1. The molecule has 2 saturated heterocycles. The van der Waals surface area contributed by atoms with Crippen LogP contribution in [0.1, 0.15) is 38.2 Å². The monoisotopic (exact) mass is 315 g/mol. The minimum atomic E-state index is 0.0553. The zero-order chi connectivity index (χ0) is 16.1. The highest BCUT2D eigenvalue weighted by Gasteiger charge is 2.28. The quantitative estimate of drug-likeness (QED) is 0.929. The fraction of sp³-hybridized carbons (Fsp3) is 0.632. The van der Waals surface area contributed by atoms with Crippen LogP contribution in [0.25, 0.3) is 0 Å². The summed E-state index contributed by atoms with van der Waals surface area (Å²) in [5, 5.41) is 3.39. The summed E-state index contributed by atoms with van der Waals surface area (Å²) in [6, 6.07) is 11.2. The Morgan fingerprint density at radius 3 is 2.70 bits per heavy atom. The van der Waals surface area contributed by atoms with Crippen molar-refractivity contribution in [1.82, 2.24) is 15.1 Å². The molecule has 0 aliphatic carbocycles. The third-order valence-corrected chi connectivity index (χ3v) is 5.25. The van der Waals surface area contributed by atoms with Gasteiger partial charge in [-0.25, -0.2) is 0 Å². The molecule has 0 aromatic heterocycles. The van der Waals surface area contributed by atoms with Crippen LogP contribution >= 0.6 is 0 Å². The molecule has 2 aliphatic heterocycles. The van der Waals surface area contributed by atoms with Gasteiger partial charge in [0.25, 0.3) is 0 Å². The van der Waals surface area contributed by atoms with Crippen LogP contribution < -0.4 is 5.32 Å². The molecule has 126 valence electrons. The predicted molar refractivity (Wildman–Crippen MR) is 93.2 cm³/mol. The maximum absolute atomic E-state index is 12.7. The average molecular weight is 315 g/mol. The van der Waals surface area contributed by atoms with Crippen LogP contribution in [0.5, 0.6) is 0 Å². The standard InChI is InChI=1S/C19H29N3O/c1-16-10-12-21(19(23)18-9-5-6-11-20-18)13-14-22(16)15-17-7-3-2-4-8-17/h2-4,7-8,16,18,20H,5-6,9-15H2,1H3/t16?,18-/m1/s1. The van der Waals surface area contributed by atoms with E-state index < -0.39 is 0 Å². The molecule has 4 heteroatoms. The molecule has 0 radical (unpaired) electrons. The summed E-state index contributed by atoms with van der Waals surface area (Å²) in [7, 11) is 0. The van der Waals surface area contributed by atoms with Crippen molar-refractivity contribution in [3.63, 3.8) is 0 Å². The molecule has 2 aliphatic rings. The number of carbonyl (C=O) groups is 1. The van der Waals surface area contributed by atoms with Crippen molar-refractivity contribution < 1.29 is 4.79 Å². The maximum atomic E-state index is 12.7. The molecule has 1 aromatic carbocycles. The Balaban J connectivity index is 1.58. The number of piperidine rings is 1. The van der Waals surface area contributed by atoms with Crippen molar-refractivity contribution in [2.75, 3.05) is 26.2 Å². The largest absolute Gasteiger partial charge is 0.340 e. The lowest BCUT2D eigenvalue weighted by Gasteiger charge is -2.29. The van der Waals surface area contributed by atoms with Crippen LogP contribution in [0, 0.1) is 0 Å². The van der Waals surface area contributed by atoms with Gasteiger partial charge in [-0.3, -0.25) is 9.69 Å². The molecule has 2 fully saturated rings. The third-order valence-electron chi connectivity index (χ3n) is 5.25. The lowest BCUT2D eigenvalue weighted by molar-refractivity contribution is -0.133. The summed E-state index contributed by atoms with van der Waals surface area (Å²) >= 11 is 0. The highest BCUT2D eigenvalue weighted by molar-refractivity contribution is 5.82. The molecular weight excluding hydrogens is 286 g/mol. The zero-order valence-electron chi connectivity index (χ0n) is 14.2. The van der Waals surface area contributed by atoms with Gasteiger partial charge in [-0.15, -0.1) is 0 Å². The predicted octanol–water partition coefficient (Wildman–Crippen LogP) is 2.25. The number of nitrogens with zero attached hydrogens (tertiary/aromatic N) is 2. The van der Waals surface area contributed by atoms with Crippen molar-refractivity contribution in [1.29, 1.82) is 0 Å². The van der Waals surface area contributed by atoms with Crippen LogP contribution in [-0.2, 0) is 11.3 Å². The van der Waals surface area contributed by atoms with Crippen LogP contribution in [0.15, 0.2) is 30.3 Å². The van der Waals surface area contributed by atoms with Gasteiger partial charge in [0, 0.05) is 32.2 Å². The van der Waals surface area contributed by atoms with Crippen molar-refractivity contribution >= 4 is 5.91 Å². The Labute approximate surface area is 139 Å². The summed E-state index contributed by atoms with van der Waals surface area (Å²) in [6.45, 7) is 6.97. The van der Waals surface area contributed by atoms with Gasteiger partial charge >= 0.3 is 0 Å². The van der Waals surface area contributed by atoms with E-state index in [9.17, 15) is 4.79 Å². The number of benzene rings is 1. The van der Waals surface area contributed by atoms with E-state index in [2.05, 4.69) is 52.4 Å². The summed E-state index contributed by atoms with van der Waals surface area (Å²) in [4.78, 5) is 17.3. The number of amides is 1. The normalized spacial score (nSPS) is 26.7. The molecule has 1 unspecified atom stereocenters. The maximum Gasteiger partial charge on any atom is 0.239 e. The number of carbonyl (C=O) groups excluding carboxylic acids is 1. The Morgan fingerprint density at radius 2 is 1.96 bits per heavy atom. The summed E-state index contributed by atoms with van der Waals surface area (Å²) in [5.74, 6) is 0.318. The smallest absolute Gasteiger partial charge is 0.239 e. The molecular formula is C19H29N3O. The second kappa shape index (κ2) is 7.93. The first-order valence-electron chi connectivity index (χ1n) is 9.04. The van der Waals surface area contributed by atoms with E-state index >= 15 is 0 Å². The van der Waals surface area contributed by atoms with E-state index in [0.717, 1.165) is 45.6 Å². The fourth-order valence-corrected chi connectivity index (χ4v) is 3.66. The molecule has 0 saturated carbocycles. The van der Waals surface area contributed by atoms with E-state index in [1.165, 1.54) is 18.4 Å². The SMILES string of the molecule is CC1CCN(C(=O)[C@H]2CCCCN2)CCN1Cc1ccccc1. The van der Waals surface area contributed by atoms with Crippen molar-refractivity contribution in [3.05, 3.63) is 35.9 Å². The Kier molecular flexibility index (Phi) is 5.68. The van der Waals surface area contributed by atoms with E-state index in [1.54, 1.807) is 0 Å². The number of hydrogen-bond acceptors (Lipinski definition) is 3. The minimum Gasteiger partial charge on any atom is -0.340 e. The molecule has 23 heavy (non-hydrogen) atoms. The van der Waals surface area contributed by atoms with Gasteiger partial charge in [0.05, 0.1) is 6.04 Å². The molecule has 1 aromatic rings. The first-order valence-corrected chi connectivity index (χ1v) is 9.04. The first-order chi connectivity index (χ1) is 11.2. The molecule has 0 bridgehead atoms. The van der Waals surface area contributed by atoms with Gasteiger partial charge in [-0.1, -0.05) is 36.8 Å². The van der Waals surface area contributed by atoms with Crippen LogP contribution in [0.3, 0.4) is 0 Å². The molecule has 4 nitrogen and oxygen atoms in total. The van der Waals surface area contributed by atoms with Gasteiger partial charge in [0.2, 0.25) is 5.91 Å². The van der Waals surface area contributed by atoms with E-state index in [1.807, 2.05) is 0 Å². The van der Waals surface area contributed by atoms with E-state index in [4.69, 9.17) is 0 Å². The number of hydrogen-bond donors (Lipinski definition) is 1. The van der Waals surface area contributed by atoms with Crippen molar-refractivity contribution in [2.24, 2.45) is 0 Å². The van der Waals surface area contributed by atoms with Crippen molar-refractivity contribution in [2.45, 2.75) is 51.2 Å². The van der Waals surface area contributed by atoms with Gasteiger partial charge in [0.15, 0.2) is 0 Å². The number of rotatable bonds is 3. The second-order valence-corrected chi connectivity index (χ2v) is 6.92. The van der Waals surface area contributed by atoms with Crippen molar-refractivity contribution in [3.8, 4) is 0 Å². The summed E-state index contributed by atoms with van der Waals surface area (Å²) in [5.41, 5.74) is 1.35. The van der Waals surface area contributed by atoms with Crippen LogP contribution in [-0.4, -0.2) is 54.0 Å². The fourth-order valence-electron chi connectivity index (χ4n) is 3.66. The molecule has 1 N–H and O–H groups in total. The van der Waals surface area contributed by atoms with Gasteiger partial charge in [0.1, 0.15) is 0 Å². The Morgan fingerprint density at radius 1 is 1.13 bits per heavy atom. The van der Waals surface area contributed by atoms with E-state index in [0.29, 0.717) is 11.9 Å².